The molecule has 0 bridgehead atoms. The van der Waals surface area contributed by atoms with Crippen molar-refractivity contribution in [2.45, 2.75) is 30.9 Å². The van der Waals surface area contributed by atoms with Crippen molar-refractivity contribution in [1.29, 1.82) is 0 Å². The van der Waals surface area contributed by atoms with Crippen molar-refractivity contribution in [2.24, 2.45) is 11.7 Å². The van der Waals surface area contributed by atoms with Crippen LogP contribution in [-0.2, 0) is 4.74 Å². The van der Waals surface area contributed by atoms with E-state index in [2.05, 4.69) is 0 Å². The standard InChI is InChI=1S/C15H19Cl2NOS/c16-11-2-1-3-12(17)13(11)14(18)10-4-6-19-15(8-10)5-7-20-9-15/h1-3,10,14H,4-9,18H2. The Morgan fingerprint density at radius 2 is 2.10 bits per heavy atom. The number of rotatable bonds is 2. The predicted molar refractivity (Wildman–Crippen MR) is 86.7 cm³/mol. The van der Waals surface area contributed by atoms with E-state index >= 15 is 0 Å². The fourth-order valence-electron chi connectivity index (χ4n) is 3.30. The van der Waals surface area contributed by atoms with Crippen LogP contribution in [0.1, 0.15) is 30.9 Å². The number of ether oxygens (including phenoxy) is 1. The first kappa shape index (κ1) is 15.0. The molecule has 1 aromatic carbocycles. The Morgan fingerprint density at radius 1 is 1.35 bits per heavy atom. The predicted octanol–water partition coefficient (Wildman–Crippen LogP) is 4.30. The summed E-state index contributed by atoms with van der Waals surface area (Å²) in [5.74, 6) is 2.67. The van der Waals surface area contributed by atoms with Gasteiger partial charge in [-0.2, -0.15) is 11.8 Å². The molecule has 0 radical (unpaired) electrons. The summed E-state index contributed by atoms with van der Waals surface area (Å²) in [6.45, 7) is 0.793. The summed E-state index contributed by atoms with van der Waals surface area (Å²) in [6, 6.07) is 5.48. The quantitative estimate of drug-likeness (QED) is 0.877. The number of benzene rings is 1. The van der Waals surface area contributed by atoms with Crippen molar-refractivity contribution < 1.29 is 4.74 Å². The van der Waals surface area contributed by atoms with E-state index in [0.717, 1.165) is 37.2 Å². The molecule has 0 saturated carbocycles. The first-order valence-electron chi connectivity index (χ1n) is 7.02. The van der Waals surface area contributed by atoms with Crippen LogP contribution in [0.25, 0.3) is 0 Å². The third-order valence-electron chi connectivity index (χ3n) is 4.44. The molecule has 3 atom stereocenters. The zero-order chi connectivity index (χ0) is 14.2. The van der Waals surface area contributed by atoms with Gasteiger partial charge in [0.05, 0.1) is 5.60 Å². The van der Waals surface area contributed by atoms with Gasteiger partial charge in [0.1, 0.15) is 0 Å². The second-order valence-corrected chi connectivity index (χ2v) is 7.67. The zero-order valence-corrected chi connectivity index (χ0v) is 13.6. The fourth-order valence-corrected chi connectivity index (χ4v) is 5.33. The molecular weight excluding hydrogens is 313 g/mol. The van der Waals surface area contributed by atoms with E-state index in [0.29, 0.717) is 16.0 Å². The summed E-state index contributed by atoms with van der Waals surface area (Å²) in [6.07, 6.45) is 3.13. The minimum Gasteiger partial charge on any atom is -0.374 e. The van der Waals surface area contributed by atoms with Gasteiger partial charge in [-0.3, -0.25) is 0 Å². The first-order valence-corrected chi connectivity index (χ1v) is 8.94. The topological polar surface area (TPSA) is 35.2 Å². The molecule has 0 aliphatic carbocycles. The van der Waals surface area contributed by atoms with Gasteiger partial charge < -0.3 is 10.5 Å². The molecule has 2 heterocycles. The highest BCUT2D eigenvalue weighted by atomic mass is 35.5. The highest BCUT2D eigenvalue weighted by molar-refractivity contribution is 7.99. The van der Waals surface area contributed by atoms with Gasteiger partial charge in [0.15, 0.2) is 0 Å². The number of halogens is 2. The molecule has 110 valence electrons. The van der Waals surface area contributed by atoms with Crippen molar-refractivity contribution in [3.8, 4) is 0 Å². The van der Waals surface area contributed by atoms with Gasteiger partial charge in [-0.05, 0) is 43.1 Å². The van der Waals surface area contributed by atoms with Crippen LogP contribution in [0.15, 0.2) is 18.2 Å². The largest absolute Gasteiger partial charge is 0.374 e. The fraction of sp³-hybridized carbons (Fsp3) is 0.600. The summed E-state index contributed by atoms with van der Waals surface area (Å²) in [5.41, 5.74) is 7.42. The van der Waals surface area contributed by atoms with Crippen molar-refractivity contribution >= 4 is 35.0 Å². The second-order valence-electron chi connectivity index (χ2n) is 5.75. The van der Waals surface area contributed by atoms with Crippen LogP contribution in [0.3, 0.4) is 0 Å². The number of nitrogens with two attached hydrogens (primary N) is 1. The molecule has 2 saturated heterocycles. The van der Waals surface area contributed by atoms with Crippen molar-refractivity contribution in [3.05, 3.63) is 33.8 Å². The van der Waals surface area contributed by atoms with Gasteiger partial charge in [0.25, 0.3) is 0 Å². The van der Waals surface area contributed by atoms with E-state index < -0.39 is 0 Å². The third kappa shape index (κ3) is 2.84. The molecule has 1 spiro atoms. The molecule has 0 aromatic heterocycles. The van der Waals surface area contributed by atoms with Crippen LogP contribution in [0.2, 0.25) is 10.0 Å². The summed E-state index contributed by atoms with van der Waals surface area (Å²) >= 11 is 14.6. The Bertz CT molecular complexity index is 471. The Kier molecular flexibility index (Phi) is 4.54. The van der Waals surface area contributed by atoms with Crippen LogP contribution < -0.4 is 5.73 Å². The van der Waals surface area contributed by atoms with Crippen molar-refractivity contribution in [2.75, 3.05) is 18.1 Å². The molecule has 3 unspecified atom stereocenters. The highest BCUT2D eigenvalue weighted by Gasteiger charge is 2.42. The van der Waals surface area contributed by atoms with Gasteiger partial charge in [-0.25, -0.2) is 0 Å². The maximum Gasteiger partial charge on any atom is 0.0783 e. The second kappa shape index (κ2) is 6.05. The van der Waals surface area contributed by atoms with E-state index in [1.54, 1.807) is 0 Å². The molecule has 2 fully saturated rings. The minimum absolute atomic E-state index is 0.0406. The average Bonchev–Trinajstić information content (AvgIpc) is 2.86. The van der Waals surface area contributed by atoms with E-state index in [1.807, 2.05) is 30.0 Å². The van der Waals surface area contributed by atoms with Gasteiger partial charge in [-0.1, -0.05) is 29.3 Å². The lowest BCUT2D eigenvalue weighted by molar-refractivity contribution is -0.0834. The summed E-state index contributed by atoms with van der Waals surface area (Å²) in [7, 11) is 0. The van der Waals surface area contributed by atoms with Crippen molar-refractivity contribution in [1.82, 2.24) is 0 Å². The van der Waals surface area contributed by atoms with Crippen LogP contribution >= 0.6 is 35.0 Å². The van der Waals surface area contributed by atoms with E-state index in [9.17, 15) is 0 Å². The first-order chi connectivity index (χ1) is 9.61. The summed E-state index contributed by atoms with van der Waals surface area (Å²) < 4.78 is 6.06. The number of hydrogen-bond donors (Lipinski definition) is 1. The van der Waals surface area contributed by atoms with E-state index in [-0.39, 0.29) is 11.6 Å². The molecule has 0 amide bonds. The van der Waals surface area contributed by atoms with Gasteiger partial charge in [-0.15, -0.1) is 0 Å². The third-order valence-corrected chi connectivity index (χ3v) is 6.32. The maximum atomic E-state index is 6.49. The average molecular weight is 332 g/mol. The van der Waals surface area contributed by atoms with Crippen LogP contribution in [0, 0.1) is 5.92 Å². The van der Waals surface area contributed by atoms with E-state index in [1.165, 1.54) is 5.75 Å². The van der Waals surface area contributed by atoms with Crippen LogP contribution in [0.5, 0.6) is 0 Å². The molecule has 1 aromatic rings. The Labute approximate surface area is 134 Å². The number of thioether (sulfide) groups is 1. The summed E-state index contributed by atoms with van der Waals surface area (Å²) in [5, 5.41) is 1.35. The lowest BCUT2D eigenvalue weighted by Gasteiger charge is -2.40. The Balaban J connectivity index is 1.81. The molecule has 2 N–H and O–H groups in total. The van der Waals surface area contributed by atoms with E-state index in [4.69, 9.17) is 33.7 Å². The number of hydrogen-bond acceptors (Lipinski definition) is 3. The van der Waals surface area contributed by atoms with Gasteiger partial charge in [0, 0.05) is 34.0 Å². The van der Waals surface area contributed by atoms with Crippen molar-refractivity contribution in [3.63, 3.8) is 0 Å². The normalized spacial score (nSPS) is 31.6. The molecule has 5 heteroatoms. The zero-order valence-electron chi connectivity index (χ0n) is 11.3. The lowest BCUT2D eigenvalue weighted by atomic mass is 9.79. The minimum atomic E-state index is -0.109. The summed E-state index contributed by atoms with van der Waals surface area (Å²) in [4.78, 5) is 0. The smallest absolute Gasteiger partial charge is 0.0783 e. The lowest BCUT2D eigenvalue weighted by Crippen LogP contribution is -2.42. The molecular formula is C15H19Cl2NOS. The molecule has 2 nitrogen and oxygen atoms in total. The maximum absolute atomic E-state index is 6.49. The Morgan fingerprint density at radius 3 is 2.75 bits per heavy atom. The Hall–Kier alpha value is 0.0700. The SMILES string of the molecule is NC(c1c(Cl)cccc1Cl)C1CCOC2(CCSC2)C1. The molecule has 2 aliphatic heterocycles. The molecule has 3 rings (SSSR count). The van der Waals surface area contributed by atoms with Gasteiger partial charge >= 0.3 is 0 Å². The van der Waals surface area contributed by atoms with Crippen LogP contribution in [-0.4, -0.2) is 23.7 Å². The van der Waals surface area contributed by atoms with Crippen LogP contribution in [0.4, 0.5) is 0 Å². The highest BCUT2D eigenvalue weighted by Crippen LogP contribution is 2.45. The van der Waals surface area contributed by atoms with Gasteiger partial charge in [0.2, 0.25) is 0 Å². The molecule has 20 heavy (non-hydrogen) atoms. The molecule has 2 aliphatic rings. The monoisotopic (exact) mass is 331 g/mol.